The molecule has 0 aromatic carbocycles. The van der Waals surface area contributed by atoms with E-state index in [4.69, 9.17) is 9.84 Å². The van der Waals surface area contributed by atoms with Gasteiger partial charge in [-0.25, -0.2) is 0 Å². The molecule has 2 aliphatic carbocycles. The lowest BCUT2D eigenvalue weighted by Crippen LogP contribution is -2.36. The largest absolute Gasteiger partial charge is 0.489 e. The van der Waals surface area contributed by atoms with Crippen LogP contribution >= 0.6 is 0 Å². The molecule has 1 heterocycles. The third kappa shape index (κ3) is 3.95. The van der Waals surface area contributed by atoms with Crippen LogP contribution < -0.4 is 0 Å². The van der Waals surface area contributed by atoms with Gasteiger partial charge in [-0.3, -0.25) is 4.79 Å². The van der Waals surface area contributed by atoms with Gasteiger partial charge in [0.25, 0.3) is 0 Å². The van der Waals surface area contributed by atoms with E-state index in [1.807, 2.05) is 0 Å². The van der Waals surface area contributed by atoms with Crippen molar-refractivity contribution in [3.05, 3.63) is 35.6 Å². The Balaban J connectivity index is 1.62. The molecule has 3 aliphatic rings. The van der Waals surface area contributed by atoms with Crippen LogP contribution in [0.4, 0.5) is 0 Å². The third-order valence-corrected chi connectivity index (χ3v) is 5.39. The molecule has 3 unspecified atom stereocenters. The van der Waals surface area contributed by atoms with Crippen LogP contribution in [-0.4, -0.2) is 23.6 Å². The number of allylic oxidation sites excluding steroid dienone is 4. The lowest BCUT2D eigenvalue weighted by atomic mass is 9.77. The van der Waals surface area contributed by atoms with E-state index >= 15 is 0 Å². The number of hydrogen-bond donors (Lipinski definition) is 1. The zero-order chi connectivity index (χ0) is 16.2. The molecule has 0 radical (unpaired) electrons. The van der Waals surface area contributed by atoms with E-state index in [1.165, 1.54) is 5.57 Å². The maximum atomic E-state index is 12.6. The van der Waals surface area contributed by atoms with Crippen LogP contribution in [-0.2, 0) is 9.53 Å². The third-order valence-electron chi connectivity index (χ3n) is 5.39. The summed E-state index contributed by atoms with van der Waals surface area (Å²) in [5.41, 5.74) is 1.17. The molecular formula is C20H28O3. The number of carbonyl (C=O) groups is 1. The average Bonchev–Trinajstić information content (AvgIpc) is 2.60. The van der Waals surface area contributed by atoms with E-state index in [-0.39, 0.29) is 18.6 Å². The molecule has 0 aromatic rings. The number of ketones is 1. The van der Waals surface area contributed by atoms with Crippen molar-refractivity contribution in [2.75, 3.05) is 6.61 Å². The number of Topliss-reactive ketones (excluding diaryl/α,β-unsaturated/α-hetero) is 1. The lowest BCUT2D eigenvalue weighted by Gasteiger charge is -2.37. The number of aliphatic hydroxyl groups is 1. The first-order valence-corrected chi connectivity index (χ1v) is 9.04. The number of carbonyl (C=O) groups excluding carboxylic acids is 1. The van der Waals surface area contributed by atoms with Crippen LogP contribution in [0.25, 0.3) is 0 Å². The zero-order valence-corrected chi connectivity index (χ0v) is 14.0. The fourth-order valence-corrected chi connectivity index (χ4v) is 3.83. The highest BCUT2D eigenvalue weighted by atomic mass is 16.5. The van der Waals surface area contributed by atoms with Gasteiger partial charge in [0.15, 0.2) is 0 Å². The summed E-state index contributed by atoms with van der Waals surface area (Å²) in [5.74, 6) is 2.14. The van der Waals surface area contributed by atoms with Gasteiger partial charge < -0.3 is 9.84 Å². The summed E-state index contributed by atoms with van der Waals surface area (Å²) < 4.78 is 6.18. The molecule has 23 heavy (non-hydrogen) atoms. The van der Waals surface area contributed by atoms with Crippen molar-refractivity contribution in [1.82, 2.24) is 0 Å². The minimum Gasteiger partial charge on any atom is -0.489 e. The Morgan fingerprint density at radius 2 is 2.22 bits per heavy atom. The second-order valence-corrected chi connectivity index (χ2v) is 7.32. The summed E-state index contributed by atoms with van der Waals surface area (Å²) in [4.78, 5) is 12.6. The maximum absolute atomic E-state index is 12.6. The first-order valence-electron chi connectivity index (χ1n) is 9.04. The molecule has 3 heteroatoms. The Labute approximate surface area is 139 Å². The van der Waals surface area contributed by atoms with Gasteiger partial charge in [0.05, 0.1) is 5.92 Å². The molecule has 3 rings (SSSR count). The summed E-state index contributed by atoms with van der Waals surface area (Å²) in [6, 6.07) is 0. The van der Waals surface area contributed by atoms with Crippen molar-refractivity contribution >= 4 is 5.78 Å². The van der Waals surface area contributed by atoms with E-state index < -0.39 is 0 Å². The maximum Gasteiger partial charge on any atom is 0.147 e. The fraction of sp³-hybridized carbons (Fsp3) is 0.650. The summed E-state index contributed by atoms with van der Waals surface area (Å²) in [7, 11) is 0. The normalized spacial score (nSPS) is 31.7. The molecule has 0 spiro atoms. The van der Waals surface area contributed by atoms with Crippen molar-refractivity contribution in [1.29, 1.82) is 0 Å². The number of hydrogen-bond acceptors (Lipinski definition) is 3. The van der Waals surface area contributed by atoms with Crippen LogP contribution in [0.5, 0.6) is 0 Å². The molecular weight excluding hydrogens is 288 g/mol. The van der Waals surface area contributed by atoms with Crippen LogP contribution in [0.2, 0.25) is 0 Å². The Morgan fingerprint density at radius 3 is 2.96 bits per heavy atom. The second-order valence-electron chi connectivity index (χ2n) is 7.32. The van der Waals surface area contributed by atoms with Crippen LogP contribution in [0.3, 0.4) is 0 Å². The number of rotatable bonds is 5. The highest BCUT2D eigenvalue weighted by Gasteiger charge is 2.38. The quantitative estimate of drug-likeness (QED) is 0.835. The van der Waals surface area contributed by atoms with Gasteiger partial charge in [0, 0.05) is 13.0 Å². The van der Waals surface area contributed by atoms with Crippen molar-refractivity contribution in [2.24, 2.45) is 17.8 Å². The Bertz CT molecular complexity index is 529. The SMILES string of the molecule is CC(CO)CCC1CC=C2O[C@H](C3=CCCC=C3)CC(=O)C2C1. The van der Waals surface area contributed by atoms with Gasteiger partial charge in [-0.15, -0.1) is 0 Å². The van der Waals surface area contributed by atoms with Crippen molar-refractivity contribution in [3.63, 3.8) is 0 Å². The van der Waals surface area contributed by atoms with Gasteiger partial charge >= 0.3 is 0 Å². The Kier molecular flexibility index (Phi) is 5.37. The monoisotopic (exact) mass is 316 g/mol. The van der Waals surface area contributed by atoms with Gasteiger partial charge in [-0.2, -0.15) is 0 Å². The number of ether oxygens (including phenoxy) is 1. The number of aliphatic hydroxyl groups excluding tert-OH is 1. The van der Waals surface area contributed by atoms with Crippen LogP contribution in [0.15, 0.2) is 35.6 Å². The Morgan fingerprint density at radius 1 is 1.35 bits per heavy atom. The van der Waals surface area contributed by atoms with Crippen molar-refractivity contribution in [3.8, 4) is 0 Å². The van der Waals surface area contributed by atoms with E-state index in [0.717, 1.165) is 44.3 Å². The number of fused-ring (bicyclic) bond motifs is 1. The molecule has 1 fully saturated rings. The lowest BCUT2D eigenvalue weighted by molar-refractivity contribution is -0.130. The van der Waals surface area contributed by atoms with Gasteiger partial charge in [-0.1, -0.05) is 25.2 Å². The molecule has 4 atom stereocenters. The summed E-state index contributed by atoms with van der Waals surface area (Å²) >= 11 is 0. The topological polar surface area (TPSA) is 46.5 Å². The molecule has 0 aromatic heterocycles. The van der Waals surface area contributed by atoms with Gasteiger partial charge in [0.1, 0.15) is 17.6 Å². The fourth-order valence-electron chi connectivity index (χ4n) is 3.83. The molecule has 0 bridgehead atoms. The minimum atomic E-state index is -0.0764. The van der Waals surface area contributed by atoms with Crippen LogP contribution in [0, 0.1) is 17.8 Å². The molecule has 126 valence electrons. The summed E-state index contributed by atoms with van der Waals surface area (Å²) in [6.07, 6.45) is 15.3. The van der Waals surface area contributed by atoms with E-state index in [0.29, 0.717) is 24.0 Å². The van der Waals surface area contributed by atoms with Crippen molar-refractivity contribution < 1.29 is 14.6 Å². The molecule has 1 N–H and O–H groups in total. The van der Waals surface area contributed by atoms with Gasteiger partial charge in [-0.05, 0) is 62.0 Å². The molecule has 1 saturated heterocycles. The Hall–Kier alpha value is -1.35. The highest BCUT2D eigenvalue weighted by Crippen LogP contribution is 2.39. The van der Waals surface area contributed by atoms with Crippen molar-refractivity contribution in [2.45, 2.75) is 58.0 Å². The first-order chi connectivity index (χ1) is 11.2. The predicted octanol–water partition coefficient (Wildman–Crippen LogP) is 3.94. The average molecular weight is 316 g/mol. The smallest absolute Gasteiger partial charge is 0.147 e. The molecule has 3 nitrogen and oxygen atoms in total. The highest BCUT2D eigenvalue weighted by molar-refractivity contribution is 5.85. The summed E-state index contributed by atoms with van der Waals surface area (Å²) in [5, 5.41) is 9.15. The van der Waals surface area contributed by atoms with E-state index in [9.17, 15) is 4.79 Å². The first kappa shape index (κ1) is 16.5. The summed E-state index contributed by atoms with van der Waals surface area (Å²) in [6.45, 7) is 2.33. The molecule has 0 saturated carbocycles. The standard InChI is InChI=1S/C20H28O3/c1-14(13-21)7-8-15-9-10-19-17(11-15)18(22)12-20(23-19)16-5-3-2-4-6-16/h3,5-6,10,14-15,17,20-21H,2,4,7-9,11-13H2,1H3/t14?,15?,17?,20-/m0/s1. The molecule has 0 amide bonds. The molecule has 1 aliphatic heterocycles. The predicted molar refractivity (Wildman–Crippen MR) is 90.7 cm³/mol. The minimum absolute atomic E-state index is 0.0254. The van der Waals surface area contributed by atoms with Crippen LogP contribution in [0.1, 0.15) is 51.9 Å². The van der Waals surface area contributed by atoms with E-state index in [1.54, 1.807) is 0 Å². The second kappa shape index (κ2) is 7.48. The van der Waals surface area contributed by atoms with E-state index in [2.05, 4.69) is 31.2 Å². The zero-order valence-electron chi connectivity index (χ0n) is 14.0. The van der Waals surface area contributed by atoms with Gasteiger partial charge in [0.2, 0.25) is 0 Å².